The van der Waals surface area contributed by atoms with E-state index < -0.39 is 6.09 Å². The monoisotopic (exact) mass is 342 g/mol. The van der Waals surface area contributed by atoms with Crippen molar-refractivity contribution in [2.75, 3.05) is 6.61 Å². The lowest BCUT2D eigenvalue weighted by Crippen LogP contribution is -2.38. The Bertz CT molecular complexity index is 749. The molecular formula is C20H23FN2O2. The van der Waals surface area contributed by atoms with Crippen LogP contribution in [0.15, 0.2) is 42.5 Å². The number of halogens is 1. The van der Waals surface area contributed by atoms with Gasteiger partial charge in [0.05, 0.1) is 6.61 Å². The van der Waals surface area contributed by atoms with Gasteiger partial charge < -0.3 is 15.8 Å². The minimum Gasteiger partial charge on any atom is -0.450 e. The van der Waals surface area contributed by atoms with Crippen LogP contribution in [0.25, 0.3) is 0 Å². The van der Waals surface area contributed by atoms with Crippen LogP contribution in [0.4, 0.5) is 9.18 Å². The van der Waals surface area contributed by atoms with Crippen molar-refractivity contribution in [3.8, 4) is 0 Å². The van der Waals surface area contributed by atoms with Crippen LogP contribution >= 0.6 is 0 Å². The highest BCUT2D eigenvalue weighted by atomic mass is 19.1. The average Bonchev–Trinajstić information content (AvgIpc) is 2.91. The fourth-order valence-corrected chi connectivity index (χ4v) is 3.55. The van der Waals surface area contributed by atoms with E-state index in [0.29, 0.717) is 18.6 Å². The highest BCUT2D eigenvalue weighted by molar-refractivity contribution is 5.68. The number of nitrogens with two attached hydrogens (primary N) is 1. The lowest BCUT2D eigenvalue weighted by atomic mass is 9.90. The van der Waals surface area contributed by atoms with Crippen molar-refractivity contribution in [3.63, 3.8) is 0 Å². The van der Waals surface area contributed by atoms with Crippen molar-refractivity contribution in [1.82, 2.24) is 5.32 Å². The molecule has 5 heteroatoms. The molecule has 2 aromatic rings. The maximum Gasteiger partial charge on any atom is 0.407 e. The second kappa shape index (κ2) is 7.66. The summed E-state index contributed by atoms with van der Waals surface area (Å²) in [6, 6.07) is 13.4. The fraction of sp³-hybridized carbons (Fsp3) is 0.350. The van der Waals surface area contributed by atoms with E-state index in [0.717, 1.165) is 17.5 Å². The third kappa shape index (κ3) is 3.82. The van der Waals surface area contributed by atoms with E-state index in [2.05, 4.69) is 17.4 Å². The van der Waals surface area contributed by atoms with Crippen molar-refractivity contribution in [2.24, 2.45) is 5.73 Å². The van der Waals surface area contributed by atoms with Crippen LogP contribution in [-0.4, -0.2) is 18.7 Å². The zero-order valence-corrected chi connectivity index (χ0v) is 14.3. The van der Waals surface area contributed by atoms with E-state index in [1.54, 1.807) is 13.0 Å². The molecule has 3 N–H and O–H groups in total. The van der Waals surface area contributed by atoms with Gasteiger partial charge in [-0.3, -0.25) is 0 Å². The summed E-state index contributed by atoms with van der Waals surface area (Å²) in [5.74, 6) is -0.218. The Morgan fingerprint density at radius 2 is 2.08 bits per heavy atom. The lowest BCUT2D eigenvalue weighted by Gasteiger charge is -2.22. The molecule has 4 nitrogen and oxygen atoms in total. The van der Waals surface area contributed by atoms with E-state index >= 15 is 0 Å². The van der Waals surface area contributed by atoms with E-state index in [-0.39, 0.29) is 24.3 Å². The first-order valence-electron chi connectivity index (χ1n) is 8.60. The highest BCUT2D eigenvalue weighted by Gasteiger charge is 2.34. The van der Waals surface area contributed by atoms with Gasteiger partial charge in [-0.25, -0.2) is 9.18 Å². The van der Waals surface area contributed by atoms with Crippen LogP contribution in [0.3, 0.4) is 0 Å². The SMILES string of the molecule is CCOC(=O)NC1Cc2cc(F)c(CN)cc2C1Cc1ccccc1. The molecule has 2 aromatic carbocycles. The molecule has 25 heavy (non-hydrogen) atoms. The normalized spacial score (nSPS) is 18.7. The zero-order chi connectivity index (χ0) is 17.8. The third-order valence-corrected chi connectivity index (χ3v) is 4.73. The third-order valence-electron chi connectivity index (χ3n) is 4.73. The quantitative estimate of drug-likeness (QED) is 0.876. The first-order chi connectivity index (χ1) is 12.1. The second-order valence-electron chi connectivity index (χ2n) is 6.32. The summed E-state index contributed by atoms with van der Waals surface area (Å²) in [7, 11) is 0. The van der Waals surface area contributed by atoms with Gasteiger partial charge in [0, 0.05) is 24.1 Å². The number of amides is 1. The Morgan fingerprint density at radius 3 is 2.76 bits per heavy atom. The Labute approximate surface area is 147 Å². The summed E-state index contributed by atoms with van der Waals surface area (Å²) in [5, 5.41) is 2.94. The van der Waals surface area contributed by atoms with Crippen LogP contribution < -0.4 is 11.1 Å². The fourth-order valence-electron chi connectivity index (χ4n) is 3.55. The van der Waals surface area contributed by atoms with Crippen LogP contribution in [-0.2, 0) is 24.1 Å². The summed E-state index contributed by atoms with van der Waals surface area (Å²) >= 11 is 0. The zero-order valence-electron chi connectivity index (χ0n) is 14.3. The maximum atomic E-state index is 14.1. The molecule has 1 amide bonds. The van der Waals surface area contributed by atoms with Gasteiger partial charge >= 0.3 is 6.09 Å². The standard InChI is InChI=1S/C20H23FN2O2/c1-2-25-20(24)23-19-11-14-10-18(21)15(12-22)9-16(14)17(19)8-13-6-4-3-5-7-13/h3-7,9-10,17,19H,2,8,11-12,22H2,1H3,(H,23,24). The van der Waals surface area contributed by atoms with Gasteiger partial charge in [-0.15, -0.1) is 0 Å². The number of carbonyl (C=O) groups is 1. The number of hydrogen-bond donors (Lipinski definition) is 2. The van der Waals surface area contributed by atoms with Crippen LogP contribution in [0.2, 0.25) is 0 Å². The number of nitrogens with one attached hydrogen (secondary N) is 1. The Morgan fingerprint density at radius 1 is 1.32 bits per heavy atom. The minimum absolute atomic E-state index is 0.0627. The highest BCUT2D eigenvalue weighted by Crippen LogP contribution is 2.37. The minimum atomic E-state index is -0.433. The van der Waals surface area contributed by atoms with Crippen LogP contribution in [0.5, 0.6) is 0 Å². The van der Waals surface area contributed by atoms with Gasteiger partial charge in [0.1, 0.15) is 5.82 Å². The molecule has 2 unspecified atom stereocenters. The Hall–Kier alpha value is -2.40. The van der Waals surface area contributed by atoms with Gasteiger partial charge in [-0.1, -0.05) is 36.4 Å². The first-order valence-corrected chi connectivity index (χ1v) is 8.60. The van der Waals surface area contributed by atoms with E-state index in [4.69, 9.17) is 10.5 Å². The van der Waals surface area contributed by atoms with Crippen molar-refractivity contribution in [1.29, 1.82) is 0 Å². The smallest absolute Gasteiger partial charge is 0.407 e. The molecule has 3 rings (SSSR count). The summed E-state index contributed by atoms with van der Waals surface area (Å²) in [5.41, 5.74) is 9.34. The molecule has 0 aromatic heterocycles. The van der Waals surface area contributed by atoms with Crippen LogP contribution in [0, 0.1) is 5.82 Å². The van der Waals surface area contributed by atoms with E-state index in [9.17, 15) is 9.18 Å². The lowest BCUT2D eigenvalue weighted by molar-refractivity contribution is 0.147. The summed E-state index contributed by atoms with van der Waals surface area (Å²) in [6.45, 7) is 2.25. The predicted molar refractivity (Wildman–Crippen MR) is 94.8 cm³/mol. The molecule has 0 bridgehead atoms. The molecule has 0 fully saturated rings. The largest absolute Gasteiger partial charge is 0.450 e. The molecule has 0 spiro atoms. The number of hydrogen-bond acceptors (Lipinski definition) is 3. The van der Waals surface area contributed by atoms with Gasteiger partial charge in [0.25, 0.3) is 0 Å². The molecule has 0 saturated carbocycles. The molecule has 132 valence electrons. The summed E-state index contributed by atoms with van der Waals surface area (Å²) in [4.78, 5) is 11.9. The number of alkyl carbamates (subject to hydrolysis) is 1. The predicted octanol–water partition coefficient (Wildman–Crippen LogP) is 3.28. The maximum absolute atomic E-state index is 14.1. The van der Waals surface area contributed by atoms with Crippen molar-refractivity contribution < 1.29 is 13.9 Å². The Balaban J connectivity index is 1.91. The van der Waals surface area contributed by atoms with Gasteiger partial charge in [0.2, 0.25) is 0 Å². The van der Waals surface area contributed by atoms with Crippen molar-refractivity contribution in [3.05, 3.63) is 70.5 Å². The van der Waals surface area contributed by atoms with E-state index in [1.807, 2.05) is 24.3 Å². The van der Waals surface area contributed by atoms with E-state index in [1.165, 1.54) is 5.56 Å². The summed E-state index contributed by atoms with van der Waals surface area (Å²) in [6.07, 6.45) is 0.923. The first kappa shape index (κ1) is 17.4. The van der Waals surface area contributed by atoms with Gasteiger partial charge in [-0.05, 0) is 42.5 Å². The molecule has 0 heterocycles. The second-order valence-corrected chi connectivity index (χ2v) is 6.32. The molecule has 0 radical (unpaired) electrons. The molecular weight excluding hydrogens is 319 g/mol. The molecule has 1 aliphatic carbocycles. The molecule has 0 aliphatic heterocycles. The number of ether oxygens (including phenoxy) is 1. The van der Waals surface area contributed by atoms with Crippen molar-refractivity contribution in [2.45, 2.75) is 38.3 Å². The molecule has 2 atom stereocenters. The van der Waals surface area contributed by atoms with Crippen molar-refractivity contribution >= 4 is 6.09 Å². The number of rotatable bonds is 5. The van der Waals surface area contributed by atoms with Crippen LogP contribution in [0.1, 0.15) is 35.1 Å². The number of fused-ring (bicyclic) bond motifs is 1. The van der Waals surface area contributed by atoms with Gasteiger partial charge in [0.15, 0.2) is 0 Å². The number of benzene rings is 2. The average molecular weight is 342 g/mol. The Kier molecular flexibility index (Phi) is 5.34. The molecule has 0 saturated heterocycles. The topological polar surface area (TPSA) is 64.3 Å². The molecule has 1 aliphatic rings. The number of carbonyl (C=O) groups excluding carboxylic acids is 1. The van der Waals surface area contributed by atoms with Gasteiger partial charge in [-0.2, -0.15) is 0 Å². The summed E-state index contributed by atoms with van der Waals surface area (Å²) < 4.78 is 19.1.